The van der Waals surface area contributed by atoms with Crippen LogP contribution < -0.4 is 19.7 Å². The first kappa shape index (κ1) is 22.2. The maximum absolute atomic E-state index is 13.5. The molecule has 0 bridgehead atoms. The van der Waals surface area contributed by atoms with E-state index in [0.717, 1.165) is 18.8 Å². The molecule has 0 aliphatic carbocycles. The van der Waals surface area contributed by atoms with Crippen LogP contribution in [-0.2, 0) is 0 Å². The molecule has 1 aliphatic rings. The van der Waals surface area contributed by atoms with Crippen molar-refractivity contribution in [2.45, 2.75) is 0 Å². The Labute approximate surface area is 193 Å². The van der Waals surface area contributed by atoms with Crippen LogP contribution in [0.5, 0.6) is 11.5 Å². The first-order chi connectivity index (χ1) is 16.1. The van der Waals surface area contributed by atoms with Gasteiger partial charge in [0.25, 0.3) is 11.8 Å². The second kappa shape index (κ2) is 10.1. The molecule has 3 aromatic carbocycles. The molecule has 7 nitrogen and oxygen atoms in total. The van der Waals surface area contributed by atoms with Crippen molar-refractivity contribution in [3.05, 3.63) is 83.9 Å². The lowest BCUT2D eigenvalue weighted by atomic mass is 10.1. The van der Waals surface area contributed by atoms with Crippen molar-refractivity contribution in [2.75, 3.05) is 50.6 Å². The largest absolute Gasteiger partial charge is 0.493 e. The maximum atomic E-state index is 13.5. The number of nitrogens with one attached hydrogen (secondary N) is 1. The van der Waals surface area contributed by atoms with Crippen molar-refractivity contribution in [2.24, 2.45) is 0 Å². The molecule has 3 aromatic rings. The van der Waals surface area contributed by atoms with Crippen molar-refractivity contribution < 1.29 is 19.1 Å². The number of nitrogens with zero attached hydrogens (tertiary/aromatic N) is 2. The lowest BCUT2D eigenvalue weighted by molar-refractivity contribution is 0.0747. The zero-order valence-electron chi connectivity index (χ0n) is 18.8. The smallest absolute Gasteiger partial charge is 0.256 e. The number of carbonyl (C=O) groups is 2. The van der Waals surface area contributed by atoms with Crippen LogP contribution >= 0.6 is 0 Å². The number of para-hydroxylation sites is 1. The standard InChI is InChI=1S/C26H27N3O4/c1-32-23-17-21(22(18-24(23)33-2)27-25(30)19-9-5-3-6-10-19)26(31)29-15-13-28(14-16-29)20-11-7-4-8-12-20/h3-12,17-18H,13-16H2,1-2H3,(H,27,30). The average molecular weight is 446 g/mol. The van der Waals surface area contributed by atoms with E-state index in [4.69, 9.17) is 9.47 Å². The highest BCUT2D eigenvalue weighted by Gasteiger charge is 2.26. The van der Waals surface area contributed by atoms with E-state index < -0.39 is 0 Å². The number of piperazine rings is 1. The van der Waals surface area contributed by atoms with Crippen LogP contribution in [0.1, 0.15) is 20.7 Å². The summed E-state index contributed by atoms with van der Waals surface area (Å²) < 4.78 is 10.8. The fourth-order valence-corrected chi connectivity index (χ4v) is 3.92. The van der Waals surface area contributed by atoms with E-state index in [9.17, 15) is 9.59 Å². The second-order valence-electron chi connectivity index (χ2n) is 7.69. The third-order valence-electron chi connectivity index (χ3n) is 5.73. The molecule has 0 saturated carbocycles. The molecule has 170 valence electrons. The Kier molecular flexibility index (Phi) is 6.78. The van der Waals surface area contributed by atoms with Crippen LogP contribution in [0.2, 0.25) is 0 Å². The van der Waals surface area contributed by atoms with Gasteiger partial charge in [-0.2, -0.15) is 0 Å². The Hall–Kier alpha value is -4.00. The van der Waals surface area contributed by atoms with E-state index in [1.54, 1.807) is 41.3 Å². The molecule has 0 aromatic heterocycles. The van der Waals surface area contributed by atoms with Gasteiger partial charge in [-0.15, -0.1) is 0 Å². The van der Waals surface area contributed by atoms with E-state index in [1.165, 1.54) is 14.2 Å². The van der Waals surface area contributed by atoms with Crippen LogP contribution in [0.3, 0.4) is 0 Å². The van der Waals surface area contributed by atoms with Crippen LogP contribution in [0, 0.1) is 0 Å². The minimum atomic E-state index is -0.300. The fraction of sp³-hybridized carbons (Fsp3) is 0.231. The van der Waals surface area contributed by atoms with Gasteiger partial charge in [-0.3, -0.25) is 9.59 Å². The van der Waals surface area contributed by atoms with Crippen molar-refractivity contribution in [1.29, 1.82) is 0 Å². The van der Waals surface area contributed by atoms with Gasteiger partial charge < -0.3 is 24.6 Å². The first-order valence-electron chi connectivity index (χ1n) is 10.8. The summed E-state index contributed by atoms with van der Waals surface area (Å²) in [5.74, 6) is 0.408. The fourth-order valence-electron chi connectivity index (χ4n) is 3.92. The van der Waals surface area contributed by atoms with Crippen molar-refractivity contribution in [1.82, 2.24) is 4.90 Å². The molecule has 7 heteroatoms. The number of methoxy groups -OCH3 is 2. The molecular formula is C26H27N3O4. The quantitative estimate of drug-likeness (QED) is 0.623. The zero-order valence-corrected chi connectivity index (χ0v) is 18.8. The van der Waals surface area contributed by atoms with E-state index in [0.29, 0.717) is 41.4 Å². The van der Waals surface area contributed by atoms with Gasteiger partial charge in [-0.05, 0) is 30.3 Å². The number of ether oxygens (including phenoxy) is 2. The number of amides is 2. The molecule has 2 amide bonds. The number of benzene rings is 3. The molecule has 0 atom stereocenters. The first-order valence-corrected chi connectivity index (χ1v) is 10.8. The highest BCUT2D eigenvalue weighted by atomic mass is 16.5. The summed E-state index contributed by atoms with van der Waals surface area (Å²) in [6, 6.07) is 22.3. The highest BCUT2D eigenvalue weighted by Crippen LogP contribution is 2.34. The van der Waals surface area contributed by atoms with Gasteiger partial charge in [0.15, 0.2) is 11.5 Å². The van der Waals surface area contributed by atoms with Gasteiger partial charge in [-0.25, -0.2) is 0 Å². The van der Waals surface area contributed by atoms with E-state index in [1.807, 2.05) is 24.3 Å². The Bertz CT molecular complexity index is 1110. The predicted octanol–water partition coefficient (Wildman–Crippen LogP) is 3.92. The number of hydrogen-bond acceptors (Lipinski definition) is 5. The van der Waals surface area contributed by atoms with E-state index in [-0.39, 0.29) is 11.8 Å². The van der Waals surface area contributed by atoms with Gasteiger partial charge in [0.2, 0.25) is 0 Å². The van der Waals surface area contributed by atoms with Crippen molar-refractivity contribution in [3.63, 3.8) is 0 Å². The molecule has 0 spiro atoms. The summed E-state index contributed by atoms with van der Waals surface area (Å²) in [6.07, 6.45) is 0. The summed E-state index contributed by atoms with van der Waals surface area (Å²) in [6.45, 7) is 2.62. The highest BCUT2D eigenvalue weighted by molar-refractivity contribution is 6.09. The van der Waals surface area contributed by atoms with Crippen LogP contribution in [0.15, 0.2) is 72.8 Å². The number of hydrogen-bond donors (Lipinski definition) is 1. The second-order valence-corrected chi connectivity index (χ2v) is 7.69. The Morgan fingerprint density at radius 1 is 0.788 bits per heavy atom. The Morgan fingerprint density at radius 3 is 1.97 bits per heavy atom. The van der Waals surface area contributed by atoms with Crippen LogP contribution in [0.4, 0.5) is 11.4 Å². The average Bonchev–Trinajstić information content (AvgIpc) is 2.89. The third kappa shape index (κ3) is 4.92. The maximum Gasteiger partial charge on any atom is 0.256 e. The number of anilines is 2. The molecule has 1 heterocycles. The minimum Gasteiger partial charge on any atom is -0.493 e. The van der Waals surface area contributed by atoms with Gasteiger partial charge in [0, 0.05) is 43.5 Å². The summed E-state index contributed by atoms with van der Waals surface area (Å²) >= 11 is 0. The lowest BCUT2D eigenvalue weighted by Crippen LogP contribution is -2.49. The van der Waals surface area contributed by atoms with Crippen molar-refractivity contribution in [3.8, 4) is 11.5 Å². The molecule has 1 saturated heterocycles. The van der Waals surface area contributed by atoms with Crippen molar-refractivity contribution >= 4 is 23.2 Å². The van der Waals surface area contributed by atoms with Gasteiger partial charge in [-0.1, -0.05) is 36.4 Å². The lowest BCUT2D eigenvalue weighted by Gasteiger charge is -2.36. The van der Waals surface area contributed by atoms with Gasteiger partial charge >= 0.3 is 0 Å². The number of rotatable bonds is 6. The number of carbonyl (C=O) groups excluding carboxylic acids is 2. The molecular weight excluding hydrogens is 418 g/mol. The normalized spacial score (nSPS) is 13.4. The van der Waals surface area contributed by atoms with Crippen LogP contribution in [0.25, 0.3) is 0 Å². The molecule has 1 aliphatic heterocycles. The molecule has 4 rings (SSSR count). The molecule has 0 unspecified atom stereocenters. The summed E-state index contributed by atoms with van der Waals surface area (Å²) in [5.41, 5.74) is 2.40. The monoisotopic (exact) mass is 445 g/mol. The summed E-state index contributed by atoms with van der Waals surface area (Å²) in [4.78, 5) is 30.4. The predicted molar refractivity (Wildman–Crippen MR) is 128 cm³/mol. The molecule has 0 radical (unpaired) electrons. The Morgan fingerprint density at radius 2 is 1.36 bits per heavy atom. The van der Waals surface area contributed by atoms with Gasteiger partial charge in [0.1, 0.15) is 0 Å². The van der Waals surface area contributed by atoms with E-state index in [2.05, 4.69) is 22.3 Å². The molecule has 33 heavy (non-hydrogen) atoms. The summed E-state index contributed by atoms with van der Waals surface area (Å²) in [5, 5.41) is 2.88. The topological polar surface area (TPSA) is 71.1 Å². The minimum absolute atomic E-state index is 0.160. The molecule has 1 N–H and O–H groups in total. The molecule has 1 fully saturated rings. The van der Waals surface area contributed by atoms with Gasteiger partial charge in [0.05, 0.1) is 25.5 Å². The SMILES string of the molecule is COc1cc(NC(=O)c2ccccc2)c(C(=O)N2CCN(c3ccccc3)CC2)cc1OC. The third-order valence-corrected chi connectivity index (χ3v) is 5.73. The van der Waals surface area contributed by atoms with Crippen LogP contribution in [-0.4, -0.2) is 57.1 Å². The zero-order chi connectivity index (χ0) is 23.2. The Balaban J connectivity index is 1.57. The summed E-state index contributed by atoms with van der Waals surface area (Å²) in [7, 11) is 3.04. The van der Waals surface area contributed by atoms with E-state index >= 15 is 0 Å².